The number of nitrogens with one attached hydrogen (secondary N) is 2. The maximum atomic E-state index is 12.7. The highest BCUT2D eigenvalue weighted by atomic mass is 32.1. The number of amides is 2. The predicted molar refractivity (Wildman–Crippen MR) is 121 cm³/mol. The van der Waals surface area contributed by atoms with Gasteiger partial charge < -0.3 is 10.6 Å². The molecule has 154 valence electrons. The topological polar surface area (TPSA) is 93.1 Å². The second-order valence-corrected chi connectivity index (χ2v) is 7.61. The van der Waals surface area contributed by atoms with Gasteiger partial charge in [-0.05, 0) is 41.3 Å². The highest BCUT2D eigenvalue weighted by Crippen LogP contribution is 2.18. The lowest BCUT2D eigenvalue weighted by molar-refractivity contribution is 0.101. The van der Waals surface area contributed by atoms with Crippen molar-refractivity contribution >= 4 is 34.5 Å². The first-order chi connectivity index (χ1) is 15.1. The third-order valence-electron chi connectivity index (χ3n) is 4.40. The lowest BCUT2D eigenvalue weighted by Crippen LogP contribution is -2.26. The molecule has 0 aliphatic rings. The number of hydrogen-bond acceptors (Lipinski definition) is 5. The van der Waals surface area contributed by atoms with Crippen LogP contribution in [0.2, 0.25) is 0 Å². The third-order valence-corrected chi connectivity index (χ3v) is 5.27. The minimum Gasteiger partial charge on any atom is -0.321 e. The minimum absolute atomic E-state index is 0.114. The summed E-state index contributed by atoms with van der Waals surface area (Å²) in [6.07, 6.45) is 0. The van der Waals surface area contributed by atoms with Crippen LogP contribution < -0.4 is 16.2 Å². The minimum atomic E-state index is -0.455. The summed E-state index contributed by atoms with van der Waals surface area (Å²) >= 11 is 1.35. The normalized spacial score (nSPS) is 10.5. The number of rotatable bonds is 6. The molecule has 0 unspecified atom stereocenters. The lowest BCUT2D eigenvalue weighted by atomic mass is 10.2. The number of hydrogen-bond donors (Lipinski definition) is 2. The van der Waals surface area contributed by atoms with Gasteiger partial charge in [0.25, 0.3) is 17.4 Å². The molecule has 2 aromatic carbocycles. The molecule has 4 rings (SSSR count). The zero-order valence-corrected chi connectivity index (χ0v) is 17.1. The van der Waals surface area contributed by atoms with E-state index >= 15 is 0 Å². The fourth-order valence-corrected chi connectivity index (χ4v) is 3.53. The molecule has 0 atom stereocenters. The van der Waals surface area contributed by atoms with Gasteiger partial charge in [-0.1, -0.05) is 42.5 Å². The zero-order valence-electron chi connectivity index (χ0n) is 16.3. The molecule has 0 radical (unpaired) electrons. The molecule has 0 bridgehead atoms. The quantitative estimate of drug-likeness (QED) is 0.486. The summed E-state index contributed by atoms with van der Waals surface area (Å²) in [4.78, 5) is 37.6. The van der Waals surface area contributed by atoms with E-state index in [1.807, 2.05) is 35.7 Å². The number of benzene rings is 2. The molecule has 7 nitrogen and oxygen atoms in total. The van der Waals surface area contributed by atoms with Gasteiger partial charge in [0.2, 0.25) is 0 Å². The van der Waals surface area contributed by atoms with Gasteiger partial charge in [-0.25, -0.2) is 4.68 Å². The van der Waals surface area contributed by atoms with Crippen LogP contribution in [0.1, 0.15) is 25.7 Å². The van der Waals surface area contributed by atoms with E-state index in [4.69, 9.17) is 0 Å². The molecule has 8 heteroatoms. The van der Waals surface area contributed by atoms with E-state index in [9.17, 15) is 14.4 Å². The number of nitrogens with zero attached hydrogens (tertiary/aromatic N) is 2. The number of carbonyl (C=O) groups is 2. The highest BCUT2D eigenvalue weighted by molar-refractivity contribution is 7.12. The Labute approximate surface area is 182 Å². The van der Waals surface area contributed by atoms with Crippen LogP contribution in [0.5, 0.6) is 0 Å². The molecular weight excluding hydrogens is 412 g/mol. The summed E-state index contributed by atoms with van der Waals surface area (Å²) in [6.45, 7) is 0.269. The Morgan fingerprint density at radius 1 is 0.839 bits per heavy atom. The van der Waals surface area contributed by atoms with Gasteiger partial charge in [0, 0.05) is 17.4 Å². The average Bonchev–Trinajstić information content (AvgIpc) is 3.31. The second kappa shape index (κ2) is 9.19. The molecule has 0 spiro atoms. The van der Waals surface area contributed by atoms with Crippen molar-refractivity contribution in [1.29, 1.82) is 0 Å². The van der Waals surface area contributed by atoms with Gasteiger partial charge in [-0.3, -0.25) is 14.4 Å². The molecule has 2 heterocycles. The van der Waals surface area contributed by atoms with Gasteiger partial charge in [0.05, 0.1) is 11.4 Å². The van der Waals surface area contributed by atoms with Gasteiger partial charge in [-0.2, -0.15) is 5.10 Å². The molecule has 0 fully saturated rings. The van der Waals surface area contributed by atoms with Crippen molar-refractivity contribution in [3.05, 3.63) is 111 Å². The summed E-state index contributed by atoms with van der Waals surface area (Å²) < 4.78 is 1.25. The molecule has 2 amide bonds. The van der Waals surface area contributed by atoms with E-state index in [0.29, 0.717) is 16.3 Å². The molecule has 2 N–H and O–H groups in total. The first-order valence-corrected chi connectivity index (χ1v) is 10.3. The fourth-order valence-electron chi connectivity index (χ4n) is 2.91. The van der Waals surface area contributed by atoms with E-state index in [0.717, 1.165) is 5.56 Å². The van der Waals surface area contributed by atoms with Gasteiger partial charge in [0.1, 0.15) is 5.69 Å². The van der Waals surface area contributed by atoms with Crippen LogP contribution >= 0.6 is 11.3 Å². The average molecular weight is 430 g/mol. The molecule has 0 saturated carbocycles. The first kappa shape index (κ1) is 20.2. The monoisotopic (exact) mass is 430 g/mol. The zero-order chi connectivity index (χ0) is 21.6. The Hall–Kier alpha value is -4.04. The third kappa shape index (κ3) is 5.12. The Bertz CT molecular complexity index is 1270. The Balaban J connectivity index is 1.47. The SMILES string of the molecule is O=C(Nc1cccc(NC(=O)c2cccs2)c1)c1ccc(=O)n(Cc2ccccc2)n1. The summed E-state index contributed by atoms with van der Waals surface area (Å²) in [5.74, 6) is -0.670. The van der Waals surface area contributed by atoms with Gasteiger partial charge >= 0.3 is 0 Å². The molecule has 4 aromatic rings. The summed E-state index contributed by atoms with van der Waals surface area (Å²) in [5.41, 5.74) is 1.78. The Morgan fingerprint density at radius 2 is 1.58 bits per heavy atom. The van der Waals surface area contributed by atoms with Crippen LogP contribution in [0.3, 0.4) is 0 Å². The molecule has 2 aromatic heterocycles. The second-order valence-electron chi connectivity index (χ2n) is 6.67. The summed E-state index contributed by atoms with van der Waals surface area (Å²) in [5, 5.41) is 11.6. The number of aromatic nitrogens is 2. The van der Waals surface area contributed by atoms with Crippen molar-refractivity contribution in [1.82, 2.24) is 9.78 Å². The standard InChI is InChI=1S/C23H18N4O3S/c28-21-12-11-19(26-27(21)15-16-6-2-1-3-7-16)22(29)24-17-8-4-9-18(14-17)25-23(30)20-10-5-13-31-20/h1-14H,15H2,(H,24,29)(H,25,30). The van der Waals surface area contributed by atoms with Gasteiger partial charge in [-0.15, -0.1) is 11.3 Å². The Kier molecular flexibility index (Phi) is 6.00. The smallest absolute Gasteiger partial charge is 0.276 e. The van der Waals surface area contributed by atoms with E-state index in [-0.39, 0.29) is 23.7 Å². The Morgan fingerprint density at radius 3 is 2.29 bits per heavy atom. The van der Waals surface area contributed by atoms with Crippen molar-refractivity contribution in [2.24, 2.45) is 0 Å². The number of thiophene rings is 1. The largest absolute Gasteiger partial charge is 0.321 e. The van der Waals surface area contributed by atoms with Crippen LogP contribution in [0.4, 0.5) is 11.4 Å². The van der Waals surface area contributed by atoms with Crippen LogP contribution in [-0.4, -0.2) is 21.6 Å². The lowest BCUT2D eigenvalue weighted by Gasteiger charge is -2.10. The van der Waals surface area contributed by atoms with Gasteiger partial charge in [0.15, 0.2) is 0 Å². The molecular formula is C23H18N4O3S. The van der Waals surface area contributed by atoms with Crippen molar-refractivity contribution < 1.29 is 9.59 Å². The van der Waals surface area contributed by atoms with E-state index in [1.54, 1.807) is 36.4 Å². The summed E-state index contributed by atoms with van der Waals surface area (Å²) in [6, 6.07) is 22.5. The molecule has 0 saturated heterocycles. The van der Waals surface area contributed by atoms with Crippen molar-refractivity contribution in [3.63, 3.8) is 0 Å². The van der Waals surface area contributed by atoms with Crippen molar-refractivity contribution in [2.75, 3.05) is 10.6 Å². The molecule has 0 aliphatic heterocycles. The predicted octanol–water partition coefficient (Wildman–Crippen LogP) is 3.86. The highest BCUT2D eigenvalue weighted by Gasteiger charge is 2.12. The molecule has 0 aliphatic carbocycles. The van der Waals surface area contributed by atoms with E-state index in [1.165, 1.54) is 28.2 Å². The van der Waals surface area contributed by atoms with Crippen molar-refractivity contribution in [2.45, 2.75) is 6.54 Å². The summed E-state index contributed by atoms with van der Waals surface area (Å²) in [7, 11) is 0. The number of carbonyl (C=O) groups excluding carboxylic acids is 2. The fraction of sp³-hybridized carbons (Fsp3) is 0.0435. The van der Waals surface area contributed by atoms with Crippen LogP contribution in [0.15, 0.2) is 89.0 Å². The van der Waals surface area contributed by atoms with Crippen LogP contribution in [0.25, 0.3) is 0 Å². The maximum Gasteiger partial charge on any atom is 0.276 e. The van der Waals surface area contributed by atoms with Crippen LogP contribution in [-0.2, 0) is 6.54 Å². The van der Waals surface area contributed by atoms with E-state index in [2.05, 4.69) is 15.7 Å². The van der Waals surface area contributed by atoms with Crippen LogP contribution in [0, 0.1) is 0 Å². The van der Waals surface area contributed by atoms with Crippen molar-refractivity contribution in [3.8, 4) is 0 Å². The first-order valence-electron chi connectivity index (χ1n) is 9.47. The maximum absolute atomic E-state index is 12.7. The molecule has 31 heavy (non-hydrogen) atoms. The number of anilines is 2. The van der Waals surface area contributed by atoms with E-state index < -0.39 is 5.91 Å².